The Morgan fingerprint density at radius 3 is 2.57 bits per heavy atom. The molecule has 1 heterocycles. The molecule has 1 aliphatic carbocycles. The van der Waals surface area contributed by atoms with Crippen LogP contribution in [-0.2, 0) is 11.8 Å². The van der Waals surface area contributed by atoms with Gasteiger partial charge < -0.3 is 4.98 Å². The van der Waals surface area contributed by atoms with Crippen molar-refractivity contribution in [3.63, 3.8) is 0 Å². The average molecular weight is 282 g/mol. The molecule has 1 aromatic carbocycles. The normalized spacial score (nSPS) is 17.0. The Labute approximate surface area is 125 Å². The van der Waals surface area contributed by atoms with Crippen LogP contribution in [0.5, 0.6) is 0 Å². The minimum atomic E-state index is -0.107. The molecule has 0 unspecified atom stereocenters. The number of aromatic nitrogens is 2. The third-order valence-electron chi connectivity index (χ3n) is 4.54. The highest BCUT2D eigenvalue weighted by atomic mass is 16.1. The molecule has 0 spiro atoms. The molecule has 1 N–H and O–H groups in total. The van der Waals surface area contributed by atoms with Gasteiger partial charge in [0, 0.05) is 11.8 Å². The predicted molar refractivity (Wildman–Crippen MR) is 84.5 cm³/mol. The van der Waals surface area contributed by atoms with Crippen molar-refractivity contribution in [3.05, 3.63) is 63.8 Å². The van der Waals surface area contributed by atoms with Crippen molar-refractivity contribution in [2.45, 2.75) is 50.9 Å². The van der Waals surface area contributed by atoms with Gasteiger partial charge in [-0.3, -0.25) is 4.79 Å². The average Bonchev–Trinajstić information content (AvgIpc) is 2.99. The zero-order valence-corrected chi connectivity index (χ0v) is 12.6. The molecule has 3 nitrogen and oxygen atoms in total. The van der Waals surface area contributed by atoms with Gasteiger partial charge in [-0.1, -0.05) is 56.5 Å². The Morgan fingerprint density at radius 1 is 1.19 bits per heavy atom. The van der Waals surface area contributed by atoms with Gasteiger partial charge in [-0.15, -0.1) is 0 Å². The maximum absolute atomic E-state index is 12.0. The predicted octanol–water partition coefficient (Wildman–Crippen LogP) is 3.58. The quantitative estimate of drug-likeness (QED) is 0.931. The van der Waals surface area contributed by atoms with Crippen LogP contribution in [0.15, 0.2) is 41.2 Å². The van der Waals surface area contributed by atoms with Gasteiger partial charge >= 0.3 is 0 Å². The van der Waals surface area contributed by atoms with Crippen molar-refractivity contribution in [2.75, 3.05) is 0 Å². The molecular formula is C18H22N2O. The summed E-state index contributed by atoms with van der Waals surface area (Å²) in [7, 11) is 0. The smallest absolute Gasteiger partial charge is 0.251 e. The Morgan fingerprint density at radius 2 is 1.90 bits per heavy atom. The molecule has 3 heteroatoms. The lowest BCUT2D eigenvalue weighted by molar-refractivity contribution is 0.494. The summed E-state index contributed by atoms with van der Waals surface area (Å²) in [6.45, 7) is 2.12. The van der Waals surface area contributed by atoms with E-state index in [9.17, 15) is 4.79 Å². The molecular weight excluding hydrogens is 260 g/mol. The summed E-state index contributed by atoms with van der Waals surface area (Å²) in [6, 6.07) is 12.2. The number of hydrogen-bond donors (Lipinski definition) is 1. The van der Waals surface area contributed by atoms with E-state index in [0.29, 0.717) is 0 Å². The molecule has 3 rings (SSSR count). The lowest BCUT2D eigenvalue weighted by atomic mass is 9.78. The monoisotopic (exact) mass is 282 g/mol. The van der Waals surface area contributed by atoms with E-state index in [1.54, 1.807) is 6.07 Å². The highest BCUT2D eigenvalue weighted by Crippen LogP contribution is 2.44. The zero-order valence-electron chi connectivity index (χ0n) is 12.6. The van der Waals surface area contributed by atoms with E-state index in [1.165, 1.54) is 18.4 Å². The first-order valence-corrected chi connectivity index (χ1v) is 7.91. The molecule has 0 atom stereocenters. The molecule has 0 radical (unpaired) electrons. The van der Waals surface area contributed by atoms with Gasteiger partial charge in [0.2, 0.25) is 0 Å². The summed E-state index contributed by atoms with van der Waals surface area (Å²) in [5, 5.41) is 0. The first-order chi connectivity index (χ1) is 10.2. The van der Waals surface area contributed by atoms with Gasteiger partial charge in [0.05, 0.1) is 5.41 Å². The van der Waals surface area contributed by atoms with Crippen molar-refractivity contribution in [1.29, 1.82) is 0 Å². The van der Waals surface area contributed by atoms with E-state index < -0.39 is 0 Å². The standard InChI is InChI=1S/C18H22N2O/c1-2-8-15-13-16(21)20-17(19-15)18(11-6-7-12-18)14-9-4-3-5-10-14/h3-5,9-10,13H,2,6-8,11-12H2,1H3,(H,19,20,21). The van der Waals surface area contributed by atoms with E-state index in [0.717, 1.165) is 37.2 Å². The number of H-pyrrole nitrogens is 1. The minimum Gasteiger partial charge on any atom is -0.310 e. The number of aryl methyl sites for hydroxylation is 1. The van der Waals surface area contributed by atoms with Crippen LogP contribution in [0.4, 0.5) is 0 Å². The SMILES string of the molecule is CCCc1cc(=O)[nH]c(C2(c3ccccc3)CCCC2)n1. The molecule has 0 bridgehead atoms. The molecule has 2 aromatic rings. The Balaban J connectivity index is 2.12. The minimum absolute atomic E-state index is 0.0225. The van der Waals surface area contributed by atoms with Crippen LogP contribution < -0.4 is 5.56 Å². The number of benzene rings is 1. The first kappa shape index (κ1) is 14.1. The molecule has 0 amide bonds. The Kier molecular flexibility index (Phi) is 3.91. The molecule has 1 saturated carbocycles. The molecule has 21 heavy (non-hydrogen) atoms. The van der Waals surface area contributed by atoms with Crippen LogP contribution in [0.25, 0.3) is 0 Å². The van der Waals surface area contributed by atoms with Gasteiger partial charge in [-0.2, -0.15) is 0 Å². The molecule has 1 fully saturated rings. The van der Waals surface area contributed by atoms with Crippen LogP contribution in [0.3, 0.4) is 0 Å². The van der Waals surface area contributed by atoms with E-state index in [4.69, 9.17) is 4.98 Å². The largest absolute Gasteiger partial charge is 0.310 e. The second-order valence-corrected chi connectivity index (χ2v) is 5.99. The molecule has 1 aromatic heterocycles. The van der Waals surface area contributed by atoms with E-state index in [2.05, 4.69) is 36.2 Å². The van der Waals surface area contributed by atoms with Gasteiger partial charge in [-0.05, 0) is 24.8 Å². The number of hydrogen-bond acceptors (Lipinski definition) is 2. The first-order valence-electron chi connectivity index (χ1n) is 7.91. The van der Waals surface area contributed by atoms with E-state index >= 15 is 0 Å². The van der Waals surface area contributed by atoms with Gasteiger partial charge in [0.15, 0.2) is 0 Å². The van der Waals surface area contributed by atoms with Gasteiger partial charge in [0.1, 0.15) is 5.82 Å². The molecule has 110 valence electrons. The summed E-state index contributed by atoms with van der Waals surface area (Å²) < 4.78 is 0. The number of nitrogens with one attached hydrogen (secondary N) is 1. The highest BCUT2D eigenvalue weighted by molar-refractivity contribution is 5.34. The second-order valence-electron chi connectivity index (χ2n) is 5.99. The lowest BCUT2D eigenvalue weighted by Crippen LogP contribution is -2.30. The van der Waals surface area contributed by atoms with Crippen molar-refractivity contribution >= 4 is 0 Å². The van der Waals surface area contributed by atoms with Crippen LogP contribution in [0, 0.1) is 0 Å². The lowest BCUT2D eigenvalue weighted by Gasteiger charge is -2.28. The highest BCUT2D eigenvalue weighted by Gasteiger charge is 2.39. The maximum atomic E-state index is 12.0. The van der Waals surface area contributed by atoms with Crippen LogP contribution >= 0.6 is 0 Å². The Hall–Kier alpha value is -1.90. The van der Waals surface area contributed by atoms with Gasteiger partial charge in [0.25, 0.3) is 5.56 Å². The molecule has 0 saturated heterocycles. The van der Waals surface area contributed by atoms with Crippen molar-refractivity contribution in [2.24, 2.45) is 0 Å². The fourth-order valence-electron chi connectivity index (χ4n) is 3.52. The zero-order chi connectivity index (χ0) is 14.7. The third kappa shape index (κ3) is 2.65. The Bertz CT molecular complexity index is 654. The van der Waals surface area contributed by atoms with Crippen molar-refractivity contribution < 1.29 is 0 Å². The van der Waals surface area contributed by atoms with Gasteiger partial charge in [-0.25, -0.2) is 4.98 Å². The van der Waals surface area contributed by atoms with Crippen LogP contribution in [0.1, 0.15) is 56.1 Å². The van der Waals surface area contributed by atoms with Crippen molar-refractivity contribution in [3.8, 4) is 0 Å². The molecule has 0 aliphatic heterocycles. The number of nitrogens with zero attached hydrogens (tertiary/aromatic N) is 1. The maximum Gasteiger partial charge on any atom is 0.251 e. The number of rotatable bonds is 4. The van der Waals surface area contributed by atoms with Crippen LogP contribution in [-0.4, -0.2) is 9.97 Å². The fraction of sp³-hybridized carbons (Fsp3) is 0.444. The summed E-state index contributed by atoms with van der Waals surface area (Å²) in [5.41, 5.74) is 2.06. The van der Waals surface area contributed by atoms with E-state index in [-0.39, 0.29) is 11.0 Å². The van der Waals surface area contributed by atoms with Crippen LogP contribution in [0.2, 0.25) is 0 Å². The third-order valence-corrected chi connectivity index (χ3v) is 4.54. The fourth-order valence-corrected chi connectivity index (χ4v) is 3.52. The summed E-state index contributed by atoms with van der Waals surface area (Å²) in [6.07, 6.45) is 6.38. The summed E-state index contributed by atoms with van der Waals surface area (Å²) >= 11 is 0. The molecule has 1 aliphatic rings. The number of aromatic amines is 1. The summed E-state index contributed by atoms with van der Waals surface area (Å²) in [4.78, 5) is 19.8. The van der Waals surface area contributed by atoms with Crippen molar-refractivity contribution in [1.82, 2.24) is 9.97 Å². The topological polar surface area (TPSA) is 45.8 Å². The second kappa shape index (κ2) is 5.84. The summed E-state index contributed by atoms with van der Waals surface area (Å²) in [5.74, 6) is 0.863. The van der Waals surface area contributed by atoms with E-state index in [1.807, 2.05) is 6.07 Å².